The second-order valence-corrected chi connectivity index (χ2v) is 9.07. The van der Waals surface area contributed by atoms with E-state index >= 15 is 0 Å². The molecule has 9 heteroatoms. The van der Waals surface area contributed by atoms with E-state index in [1.54, 1.807) is 57.2 Å². The summed E-state index contributed by atoms with van der Waals surface area (Å²) in [4.78, 5) is 36.9. The minimum Gasteiger partial charge on any atom is -0.535 e. The van der Waals surface area contributed by atoms with Gasteiger partial charge in [-0.25, -0.2) is 4.79 Å². The number of Topliss-reactive ketones (excluding diaryl/α,β-unsaturated/α-hetero) is 1. The molecule has 0 bridgehead atoms. The van der Waals surface area contributed by atoms with Crippen LogP contribution in [-0.4, -0.2) is 36.7 Å². The Balaban J connectivity index is 1.66. The van der Waals surface area contributed by atoms with Gasteiger partial charge in [0.25, 0.3) is 0 Å². The molecule has 32 heavy (non-hydrogen) atoms. The van der Waals surface area contributed by atoms with Crippen LogP contribution in [0.5, 0.6) is 5.75 Å². The van der Waals surface area contributed by atoms with Gasteiger partial charge >= 0.3 is 19.1 Å². The van der Waals surface area contributed by atoms with Crippen molar-refractivity contribution in [2.24, 2.45) is 5.41 Å². The molecule has 0 radical (unpaired) electrons. The standard InChI is InChI=1S/C23H24BClO7/c1-23(2,3)22(28)31-13-30-21(27)18-6-4-5-15-11-16(24(29)32-20(15)18)12-19(26)14-7-9-17(25)10-8-14/h4-10,16,29H,11-13H2,1-3H3/t16-/m1/s1. The summed E-state index contributed by atoms with van der Waals surface area (Å²) in [5, 5.41) is 11.0. The Labute approximate surface area is 191 Å². The normalized spacial score (nSPS) is 15.4. The van der Waals surface area contributed by atoms with E-state index in [0.29, 0.717) is 22.6 Å². The molecule has 1 aliphatic rings. The average molecular weight is 459 g/mol. The summed E-state index contributed by atoms with van der Waals surface area (Å²) in [6.07, 6.45) is 0.412. The fourth-order valence-electron chi connectivity index (χ4n) is 3.24. The van der Waals surface area contributed by atoms with E-state index in [9.17, 15) is 19.4 Å². The highest BCUT2D eigenvalue weighted by molar-refractivity contribution is 6.47. The Morgan fingerprint density at radius 2 is 1.81 bits per heavy atom. The average Bonchev–Trinajstić information content (AvgIpc) is 2.73. The van der Waals surface area contributed by atoms with Gasteiger partial charge in [-0.3, -0.25) is 9.59 Å². The van der Waals surface area contributed by atoms with Crippen molar-refractivity contribution < 1.29 is 33.5 Å². The molecule has 0 spiro atoms. The number of para-hydroxylation sites is 1. The van der Waals surface area contributed by atoms with Crippen LogP contribution >= 0.6 is 11.6 Å². The summed E-state index contributed by atoms with van der Waals surface area (Å²) in [6.45, 7) is 4.54. The topological polar surface area (TPSA) is 99.1 Å². The van der Waals surface area contributed by atoms with Crippen LogP contribution in [0.15, 0.2) is 42.5 Å². The van der Waals surface area contributed by atoms with E-state index in [0.717, 1.165) is 0 Å². The minimum absolute atomic E-state index is 0.0691. The van der Waals surface area contributed by atoms with Crippen molar-refractivity contribution in [1.82, 2.24) is 0 Å². The van der Waals surface area contributed by atoms with Gasteiger partial charge < -0.3 is 19.2 Å². The zero-order valence-electron chi connectivity index (χ0n) is 18.1. The number of carbonyl (C=O) groups excluding carboxylic acids is 3. The molecule has 0 unspecified atom stereocenters. The molecule has 0 amide bonds. The first-order valence-electron chi connectivity index (χ1n) is 10.2. The third-order valence-corrected chi connectivity index (χ3v) is 5.30. The van der Waals surface area contributed by atoms with Gasteiger partial charge in [-0.1, -0.05) is 23.7 Å². The molecule has 0 fully saturated rings. The molecular formula is C23H24BClO7. The zero-order valence-corrected chi connectivity index (χ0v) is 18.8. The van der Waals surface area contributed by atoms with Crippen LogP contribution in [0.4, 0.5) is 0 Å². The van der Waals surface area contributed by atoms with Crippen LogP contribution in [0.3, 0.4) is 0 Å². The SMILES string of the molecule is CC(C)(C)C(=O)OCOC(=O)c1cccc2c1OB(O)[C@@H](CC(=O)c1ccc(Cl)cc1)C2. The Kier molecular flexibility index (Phi) is 7.26. The molecule has 3 rings (SSSR count). The van der Waals surface area contributed by atoms with Gasteiger partial charge in [0, 0.05) is 22.8 Å². The van der Waals surface area contributed by atoms with E-state index < -0.39 is 37.1 Å². The van der Waals surface area contributed by atoms with Crippen LogP contribution in [0.2, 0.25) is 10.8 Å². The van der Waals surface area contributed by atoms with Crippen molar-refractivity contribution in [3.63, 3.8) is 0 Å². The summed E-state index contributed by atoms with van der Waals surface area (Å²) < 4.78 is 15.6. The van der Waals surface area contributed by atoms with Crippen LogP contribution in [0.25, 0.3) is 0 Å². The lowest BCUT2D eigenvalue weighted by molar-refractivity contribution is -0.161. The number of halogens is 1. The largest absolute Gasteiger partial charge is 0.535 e. The van der Waals surface area contributed by atoms with E-state index in [-0.39, 0.29) is 23.5 Å². The minimum atomic E-state index is -1.27. The Morgan fingerprint density at radius 3 is 2.47 bits per heavy atom. The predicted octanol–water partition coefficient (Wildman–Crippen LogP) is 4.10. The monoisotopic (exact) mass is 458 g/mol. The number of carbonyl (C=O) groups is 3. The number of rotatable bonds is 6. The zero-order chi connectivity index (χ0) is 23.5. The van der Waals surface area contributed by atoms with E-state index in [2.05, 4.69) is 0 Å². The molecule has 0 aliphatic carbocycles. The van der Waals surface area contributed by atoms with Crippen molar-refractivity contribution in [3.05, 3.63) is 64.2 Å². The van der Waals surface area contributed by atoms with Crippen molar-refractivity contribution >= 4 is 36.4 Å². The van der Waals surface area contributed by atoms with Crippen molar-refractivity contribution in [3.8, 4) is 5.75 Å². The second kappa shape index (κ2) is 9.75. The predicted molar refractivity (Wildman–Crippen MR) is 119 cm³/mol. The molecule has 0 saturated carbocycles. The Hall–Kier alpha value is -2.84. The number of ketones is 1. The van der Waals surface area contributed by atoms with E-state index in [1.165, 1.54) is 6.07 Å². The van der Waals surface area contributed by atoms with E-state index in [1.807, 2.05) is 0 Å². The second-order valence-electron chi connectivity index (χ2n) is 8.63. The van der Waals surface area contributed by atoms with Crippen LogP contribution in [0, 0.1) is 5.41 Å². The summed E-state index contributed by atoms with van der Waals surface area (Å²) in [6, 6.07) is 11.5. The highest BCUT2D eigenvalue weighted by Gasteiger charge is 2.38. The maximum atomic E-state index is 12.6. The summed E-state index contributed by atoms with van der Waals surface area (Å²) in [5.74, 6) is -1.67. The lowest BCUT2D eigenvalue weighted by Crippen LogP contribution is -2.36. The van der Waals surface area contributed by atoms with Gasteiger partial charge in [-0.05, 0) is 63.1 Å². The Morgan fingerprint density at radius 1 is 1.12 bits per heavy atom. The number of ether oxygens (including phenoxy) is 2. The van der Waals surface area contributed by atoms with Crippen LogP contribution in [-0.2, 0) is 20.7 Å². The first kappa shape index (κ1) is 23.8. The summed E-state index contributed by atoms with van der Waals surface area (Å²) >= 11 is 5.86. The number of benzene rings is 2. The molecule has 1 atom stereocenters. The fraction of sp³-hybridized carbons (Fsp3) is 0.348. The van der Waals surface area contributed by atoms with E-state index in [4.69, 9.17) is 25.7 Å². The number of fused-ring (bicyclic) bond motifs is 1. The molecule has 0 aromatic heterocycles. The van der Waals surface area contributed by atoms with Crippen LogP contribution in [0.1, 0.15) is 53.5 Å². The van der Waals surface area contributed by atoms with Crippen molar-refractivity contribution in [1.29, 1.82) is 0 Å². The van der Waals surface area contributed by atoms with Gasteiger partial charge in [-0.2, -0.15) is 0 Å². The first-order valence-corrected chi connectivity index (χ1v) is 10.5. The molecule has 2 aromatic carbocycles. The van der Waals surface area contributed by atoms with Gasteiger partial charge in [0.1, 0.15) is 11.3 Å². The smallest absolute Gasteiger partial charge is 0.526 e. The molecule has 1 aliphatic heterocycles. The van der Waals surface area contributed by atoms with Gasteiger partial charge in [0.2, 0.25) is 6.79 Å². The third kappa shape index (κ3) is 5.69. The first-order chi connectivity index (χ1) is 15.1. The fourth-order valence-corrected chi connectivity index (χ4v) is 3.37. The maximum absolute atomic E-state index is 12.6. The molecule has 1 heterocycles. The van der Waals surface area contributed by atoms with Gasteiger partial charge in [-0.15, -0.1) is 0 Å². The molecule has 168 valence electrons. The quantitative estimate of drug-likeness (QED) is 0.301. The number of hydrogen-bond acceptors (Lipinski definition) is 7. The maximum Gasteiger partial charge on any atom is 0.526 e. The molecule has 0 saturated heterocycles. The lowest BCUT2D eigenvalue weighted by Gasteiger charge is -2.28. The highest BCUT2D eigenvalue weighted by Crippen LogP contribution is 2.37. The molecular weight excluding hydrogens is 435 g/mol. The summed E-state index contributed by atoms with van der Waals surface area (Å²) in [5.41, 5.74) is 0.556. The number of esters is 2. The third-order valence-electron chi connectivity index (χ3n) is 5.05. The lowest BCUT2D eigenvalue weighted by atomic mass is 9.64. The number of hydrogen-bond donors (Lipinski definition) is 1. The summed E-state index contributed by atoms with van der Waals surface area (Å²) in [7, 11) is -1.27. The van der Waals surface area contributed by atoms with Crippen molar-refractivity contribution in [2.75, 3.05) is 6.79 Å². The van der Waals surface area contributed by atoms with Crippen LogP contribution < -0.4 is 4.65 Å². The van der Waals surface area contributed by atoms with Crippen molar-refractivity contribution in [2.45, 2.75) is 39.4 Å². The Bertz CT molecular complexity index is 1010. The molecule has 1 N–H and O–H groups in total. The van der Waals surface area contributed by atoms with Gasteiger partial charge in [0.05, 0.1) is 5.41 Å². The highest BCUT2D eigenvalue weighted by atomic mass is 35.5. The molecule has 2 aromatic rings. The van der Waals surface area contributed by atoms with Gasteiger partial charge in [0.15, 0.2) is 5.78 Å². The molecule has 7 nitrogen and oxygen atoms in total.